The molecule has 0 aliphatic carbocycles. The molecule has 0 aliphatic heterocycles. The standard InChI is InChI=1S/C15H22BrNO2/c1-12(2)17(9-4-3-8-15(18)19)11-13-6-5-7-14(16)10-13/h5-7,10,12H,3-4,8-9,11H2,1-2H3,(H,18,19). The molecule has 1 rings (SSSR count). The van der Waals surface area contributed by atoms with Crippen LogP contribution in [0.2, 0.25) is 0 Å². The van der Waals surface area contributed by atoms with Gasteiger partial charge in [-0.05, 0) is 50.9 Å². The molecular formula is C15H22BrNO2. The van der Waals surface area contributed by atoms with E-state index in [2.05, 4.69) is 46.8 Å². The molecule has 0 fully saturated rings. The lowest BCUT2D eigenvalue weighted by Crippen LogP contribution is -2.31. The molecule has 0 atom stereocenters. The Balaban J connectivity index is 2.46. The van der Waals surface area contributed by atoms with E-state index in [1.165, 1.54) is 5.56 Å². The van der Waals surface area contributed by atoms with Gasteiger partial charge in [0.15, 0.2) is 0 Å². The van der Waals surface area contributed by atoms with Gasteiger partial charge in [0.2, 0.25) is 0 Å². The number of carboxylic acid groups (broad SMARTS) is 1. The van der Waals surface area contributed by atoms with Crippen LogP contribution >= 0.6 is 15.9 Å². The van der Waals surface area contributed by atoms with Crippen LogP contribution in [0.1, 0.15) is 38.7 Å². The minimum atomic E-state index is -0.705. The van der Waals surface area contributed by atoms with Gasteiger partial charge in [0, 0.05) is 23.5 Å². The van der Waals surface area contributed by atoms with Crippen LogP contribution < -0.4 is 0 Å². The highest BCUT2D eigenvalue weighted by atomic mass is 79.9. The Hall–Kier alpha value is -0.870. The van der Waals surface area contributed by atoms with Crippen LogP contribution in [0.25, 0.3) is 0 Å². The first-order valence-corrected chi connectivity index (χ1v) is 7.48. The molecule has 0 aromatic heterocycles. The number of rotatable bonds is 8. The van der Waals surface area contributed by atoms with Crippen molar-refractivity contribution in [1.29, 1.82) is 0 Å². The predicted octanol–water partition coefficient (Wildman–Crippen LogP) is 3.91. The van der Waals surface area contributed by atoms with Crippen molar-refractivity contribution in [2.75, 3.05) is 6.54 Å². The Morgan fingerprint density at radius 3 is 2.68 bits per heavy atom. The van der Waals surface area contributed by atoms with Crippen LogP contribution in [0.5, 0.6) is 0 Å². The number of nitrogens with zero attached hydrogens (tertiary/aromatic N) is 1. The molecule has 0 saturated heterocycles. The minimum Gasteiger partial charge on any atom is -0.481 e. The average Bonchev–Trinajstić information content (AvgIpc) is 2.32. The van der Waals surface area contributed by atoms with Gasteiger partial charge in [-0.1, -0.05) is 28.1 Å². The summed E-state index contributed by atoms with van der Waals surface area (Å²) < 4.78 is 1.10. The first-order valence-electron chi connectivity index (χ1n) is 6.69. The molecule has 4 heteroatoms. The highest BCUT2D eigenvalue weighted by Gasteiger charge is 2.10. The van der Waals surface area contributed by atoms with E-state index in [1.54, 1.807) is 0 Å². The topological polar surface area (TPSA) is 40.5 Å². The molecular weight excluding hydrogens is 306 g/mol. The van der Waals surface area contributed by atoms with Crippen molar-refractivity contribution in [3.63, 3.8) is 0 Å². The van der Waals surface area contributed by atoms with Crippen LogP contribution in [-0.4, -0.2) is 28.6 Å². The molecule has 0 unspecified atom stereocenters. The zero-order valence-corrected chi connectivity index (χ0v) is 13.2. The van der Waals surface area contributed by atoms with E-state index >= 15 is 0 Å². The molecule has 3 nitrogen and oxygen atoms in total. The van der Waals surface area contributed by atoms with E-state index in [9.17, 15) is 4.79 Å². The molecule has 0 heterocycles. The number of benzene rings is 1. The number of hydrogen-bond donors (Lipinski definition) is 1. The summed E-state index contributed by atoms with van der Waals surface area (Å²) in [5.74, 6) is -0.705. The van der Waals surface area contributed by atoms with E-state index in [4.69, 9.17) is 5.11 Å². The molecule has 0 amide bonds. The van der Waals surface area contributed by atoms with E-state index in [-0.39, 0.29) is 6.42 Å². The monoisotopic (exact) mass is 327 g/mol. The molecule has 1 aromatic carbocycles. The molecule has 0 radical (unpaired) electrons. The van der Waals surface area contributed by atoms with E-state index in [0.717, 1.165) is 30.4 Å². The van der Waals surface area contributed by atoms with Crippen molar-refractivity contribution in [1.82, 2.24) is 4.90 Å². The van der Waals surface area contributed by atoms with Gasteiger partial charge in [-0.2, -0.15) is 0 Å². The van der Waals surface area contributed by atoms with Crippen molar-refractivity contribution < 1.29 is 9.90 Å². The molecule has 1 aromatic rings. The average molecular weight is 328 g/mol. The Morgan fingerprint density at radius 2 is 2.11 bits per heavy atom. The normalized spacial score (nSPS) is 11.2. The van der Waals surface area contributed by atoms with Gasteiger partial charge in [-0.25, -0.2) is 0 Å². The maximum atomic E-state index is 10.5. The number of carboxylic acids is 1. The summed E-state index contributed by atoms with van der Waals surface area (Å²) in [4.78, 5) is 12.9. The van der Waals surface area contributed by atoms with Gasteiger partial charge in [-0.15, -0.1) is 0 Å². The minimum absolute atomic E-state index is 0.267. The number of aliphatic carboxylic acids is 1. The van der Waals surface area contributed by atoms with E-state index in [1.807, 2.05) is 12.1 Å². The molecule has 0 aliphatic rings. The second kappa shape index (κ2) is 8.33. The highest BCUT2D eigenvalue weighted by molar-refractivity contribution is 9.10. The van der Waals surface area contributed by atoms with Crippen molar-refractivity contribution in [3.8, 4) is 0 Å². The van der Waals surface area contributed by atoms with E-state index < -0.39 is 5.97 Å². The van der Waals surface area contributed by atoms with Gasteiger partial charge in [0.25, 0.3) is 0 Å². The zero-order chi connectivity index (χ0) is 14.3. The zero-order valence-electron chi connectivity index (χ0n) is 11.6. The summed E-state index contributed by atoms with van der Waals surface area (Å²) in [5.41, 5.74) is 1.28. The van der Waals surface area contributed by atoms with Gasteiger partial charge >= 0.3 is 5.97 Å². The summed E-state index contributed by atoms with van der Waals surface area (Å²) in [6.45, 7) is 6.20. The third kappa shape index (κ3) is 6.73. The first-order chi connectivity index (χ1) is 8.99. The fraction of sp³-hybridized carbons (Fsp3) is 0.533. The van der Waals surface area contributed by atoms with Crippen LogP contribution in [0.3, 0.4) is 0 Å². The molecule has 19 heavy (non-hydrogen) atoms. The molecule has 0 bridgehead atoms. The lowest BCUT2D eigenvalue weighted by atomic mass is 10.1. The van der Waals surface area contributed by atoms with Crippen molar-refractivity contribution >= 4 is 21.9 Å². The second-order valence-corrected chi connectivity index (χ2v) is 5.96. The summed E-state index contributed by atoms with van der Waals surface area (Å²) in [5, 5.41) is 8.63. The van der Waals surface area contributed by atoms with Gasteiger partial charge < -0.3 is 5.11 Å². The van der Waals surface area contributed by atoms with Crippen LogP contribution in [0.4, 0.5) is 0 Å². The summed E-state index contributed by atoms with van der Waals surface area (Å²) in [7, 11) is 0. The summed E-state index contributed by atoms with van der Waals surface area (Å²) in [6, 6.07) is 8.78. The van der Waals surface area contributed by atoms with Crippen molar-refractivity contribution in [2.24, 2.45) is 0 Å². The lowest BCUT2D eigenvalue weighted by molar-refractivity contribution is -0.137. The quantitative estimate of drug-likeness (QED) is 0.736. The molecule has 106 valence electrons. The maximum Gasteiger partial charge on any atom is 0.303 e. The van der Waals surface area contributed by atoms with Crippen molar-refractivity contribution in [3.05, 3.63) is 34.3 Å². The maximum absolute atomic E-state index is 10.5. The largest absolute Gasteiger partial charge is 0.481 e. The van der Waals surface area contributed by atoms with Gasteiger partial charge in [0.1, 0.15) is 0 Å². The SMILES string of the molecule is CC(C)N(CCCCC(=O)O)Cc1cccc(Br)c1. The third-order valence-electron chi connectivity index (χ3n) is 3.09. The predicted molar refractivity (Wildman–Crippen MR) is 81.2 cm³/mol. The number of unbranched alkanes of at least 4 members (excludes halogenated alkanes) is 1. The second-order valence-electron chi connectivity index (χ2n) is 5.04. The molecule has 1 N–H and O–H groups in total. The highest BCUT2D eigenvalue weighted by Crippen LogP contribution is 2.15. The fourth-order valence-electron chi connectivity index (χ4n) is 1.98. The Morgan fingerprint density at radius 1 is 1.37 bits per heavy atom. The molecule has 0 spiro atoms. The fourth-order valence-corrected chi connectivity index (χ4v) is 2.43. The van der Waals surface area contributed by atoms with Crippen molar-refractivity contribution in [2.45, 2.75) is 45.7 Å². The molecule has 0 saturated carbocycles. The van der Waals surface area contributed by atoms with Crippen LogP contribution in [0, 0.1) is 0 Å². The van der Waals surface area contributed by atoms with E-state index in [0.29, 0.717) is 6.04 Å². The summed E-state index contributed by atoms with van der Waals surface area (Å²) in [6.07, 6.45) is 1.94. The Labute approximate surface area is 123 Å². The van der Waals surface area contributed by atoms with Crippen LogP contribution in [0.15, 0.2) is 28.7 Å². The Kier molecular flexibility index (Phi) is 7.10. The van der Waals surface area contributed by atoms with Gasteiger partial charge in [0.05, 0.1) is 0 Å². The number of hydrogen-bond acceptors (Lipinski definition) is 2. The number of halogens is 1. The summed E-state index contributed by atoms with van der Waals surface area (Å²) >= 11 is 3.49. The van der Waals surface area contributed by atoms with Crippen LogP contribution in [-0.2, 0) is 11.3 Å². The first kappa shape index (κ1) is 16.2. The Bertz CT molecular complexity index is 407. The smallest absolute Gasteiger partial charge is 0.303 e. The lowest BCUT2D eigenvalue weighted by Gasteiger charge is -2.26. The third-order valence-corrected chi connectivity index (χ3v) is 3.58. The van der Waals surface area contributed by atoms with Gasteiger partial charge in [-0.3, -0.25) is 9.69 Å². The number of carbonyl (C=O) groups is 1.